The number of carbonyl (C=O) groups is 1. The van der Waals surface area contributed by atoms with Gasteiger partial charge in [0.2, 0.25) is 10.0 Å². The van der Waals surface area contributed by atoms with Gasteiger partial charge in [0.1, 0.15) is 18.1 Å². The first-order chi connectivity index (χ1) is 11.7. The fourth-order valence-corrected chi connectivity index (χ4v) is 3.71. The molecule has 0 unspecified atom stereocenters. The van der Waals surface area contributed by atoms with E-state index in [1.807, 2.05) is 0 Å². The second kappa shape index (κ2) is 11.0. The van der Waals surface area contributed by atoms with E-state index in [-0.39, 0.29) is 18.9 Å². The summed E-state index contributed by atoms with van der Waals surface area (Å²) in [6, 6.07) is 4.87. The van der Waals surface area contributed by atoms with E-state index < -0.39 is 10.0 Å². The molecule has 25 heavy (non-hydrogen) atoms. The number of hydrogen-bond donors (Lipinski definition) is 0. The van der Waals surface area contributed by atoms with Crippen molar-refractivity contribution >= 4 is 39.0 Å². The monoisotopic (exact) mass is 409 g/mol. The van der Waals surface area contributed by atoms with Crippen molar-refractivity contribution in [2.75, 3.05) is 26.0 Å². The molecule has 0 aliphatic carbocycles. The SMILES string of the molecule is CC(=O)CCCCCCN(CCOc1cc(Cl)cc(Cl)c1)S(C)(=O)=O. The number of rotatable bonds is 12. The molecule has 0 saturated heterocycles. The quantitative estimate of drug-likeness (QED) is 0.485. The number of hydrogen-bond acceptors (Lipinski definition) is 4. The largest absolute Gasteiger partial charge is 0.492 e. The summed E-state index contributed by atoms with van der Waals surface area (Å²) in [5, 5.41) is 0.932. The van der Waals surface area contributed by atoms with Crippen molar-refractivity contribution in [1.29, 1.82) is 0 Å². The highest BCUT2D eigenvalue weighted by atomic mass is 35.5. The van der Waals surface area contributed by atoms with E-state index in [0.29, 0.717) is 28.8 Å². The van der Waals surface area contributed by atoms with E-state index >= 15 is 0 Å². The van der Waals surface area contributed by atoms with Gasteiger partial charge in [0.05, 0.1) is 6.26 Å². The van der Waals surface area contributed by atoms with Crippen LogP contribution in [-0.4, -0.2) is 44.5 Å². The molecule has 0 saturated carbocycles. The Bertz CT molecular complexity index is 644. The summed E-state index contributed by atoms with van der Waals surface area (Å²) in [5.41, 5.74) is 0. The highest BCUT2D eigenvalue weighted by Crippen LogP contribution is 2.24. The van der Waals surface area contributed by atoms with Gasteiger partial charge in [0.25, 0.3) is 0 Å². The Morgan fingerprint density at radius 2 is 1.64 bits per heavy atom. The Balaban J connectivity index is 2.39. The van der Waals surface area contributed by atoms with Gasteiger partial charge < -0.3 is 9.53 Å². The molecule has 0 radical (unpaired) electrons. The number of carbonyl (C=O) groups excluding carboxylic acids is 1. The second-order valence-electron chi connectivity index (χ2n) is 5.98. The summed E-state index contributed by atoms with van der Waals surface area (Å²) in [6.07, 6.45) is 5.21. The van der Waals surface area contributed by atoms with E-state index in [2.05, 4.69) is 0 Å². The Morgan fingerprint density at radius 1 is 1.04 bits per heavy atom. The zero-order valence-corrected chi connectivity index (χ0v) is 17.0. The molecule has 0 heterocycles. The molecular weight excluding hydrogens is 385 g/mol. The normalized spacial score (nSPS) is 11.7. The summed E-state index contributed by atoms with van der Waals surface area (Å²) in [7, 11) is -3.29. The van der Waals surface area contributed by atoms with Crippen LogP contribution in [0.3, 0.4) is 0 Å². The number of halogens is 2. The van der Waals surface area contributed by atoms with E-state index in [1.165, 1.54) is 10.6 Å². The van der Waals surface area contributed by atoms with E-state index in [9.17, 15) is 13.2 Å². The van der Waals surface area contributed by atoms with Crippen LogP contribution in [0.5, 0.6) is 5.75 Å². The molecule has 8 heteroatoms. The number of ketones is 1. The minimum absolute atomic E-state index is 0.191. The highest BCUT2D eigenvalue weighted by Gasteiger charge is 2.16. The van der Waals surface area contributed by atoms with Crippen LogP contribution in [0.2, 0.25) is 10.0 Å². The zero-order valence-electron chi connectivity index (χ0n) is 14.6. The van der Waals surface area contributed by atoms with Crippen molar-refractivity contribution < 1.29 is 17.9 Å². The van der Waals surface area contributed by atoms with Crippen LogP contribution < -0.4 is 4.74 Å². The van der Waals surface area contributed by atoms with Gasteiger partial charge in [-0.1, -0.05) is 36.0 Å². The van der Waals surface area contributed by atoms with E-state index in [0.717, 1.165) is 25.7 Å². The molecule has 1 rings (SSSR count). The lowest BCUT2D eigenvalue weighted by molar-refractivity contribution is -0.117. The van der Waals surface area contributed by atoms with Gasteiger partial charge in [-0.05, 0) is 38.0 Å². The lowest BCUT2D eigenvalue weighted by Gasteiger charge is -2.20. The average molecular weight is 410 g/mol. The van der Waals surface area contributed by atoms with Crippen LogP contribution in [0.15, 0.2) is 18.2 Å². The van der Waals surface area contributed by atoms with Crippen molar-refractivity contribution in [2.24, 2.45) is 0 Å². The fourth-order valence-electron chi connectivity index (χ4n) is 2.34. The van der Waals surface area contributed by atoms with Crippen LogP contribution >= 0.6 is 23.2 Å². The van der Waals surface area contributed by atoms with Gasteiger partial charge >= 0.3 is 0 Å². The van der Waals surface area contributed by atoms with Crippen molar-refractivity contribution in [3.05, 3.63) is 28.2 Å². The summed E-state index contributed by atoms with van der Waals surface area (Å²) < 4.78 is 30.7. The van der Waals surface area contributed by atoms with Gasteiger partial charge in [-0.3, -0.25) is 0 Å². The molecule has 0 aliphatic rings. The summed E-state index contributed by atoms with van der Waals surface area (Å²) in [6.45, 7) is 2.50. The third-order valence-electron chi connectivity index (χ3n) is 3.60. The lowest BCUT2D eigenvalue weighted by Crippen LogP contribution is -2.34. The van der Waals surface area contributed by atoms with Gasteiger partial charge in [0.15, 0.2) is 0 Å². The molecule has 0 aliphatic heterocycles. The molecule has 0 bridgehead atoms. The van der Waals surface area contributed by atoms with Crippen molar-refractivity contribution in [3.63, 3.8) is 0 Å². The maximum Gasteiger partial charge on any atom is 0.211 e. The molecule has 0 N–H and O–H groups in total. The van der Waals surface area contributed by atoms with E-state index in [1.54, 1.807) is 25.1 Å². The number of unbranched alkanes of at least 4 members (excludes halogenated alkanes) is 3. The van der Waals surface area contributed by atoms with Crippen molar-refractivity contribution in [2.45, 2.75) is 39.0 Å². The van der Waals surface area contributed by atoms with Gasteiger partial charge in [-0.2, -0.15) is 4.31 Å². The minimum atomic E-state index is -3.29. The van der Waals surface area contributed by atoms with Crippen LogP contribution in [0.4, 0.5) is 0 Å². The topological polar surface area (TPSA) is 63.7 Å². The molecule has 1 aromatic carbocycles. The smallest absolute Gasteiger partial charge is 0.211 e. The maximum atomic E-state index is 11.9. The molecule has 0 amide bonds. The third kappa shape index (κ3) is 10.0. The molecule has 1 aromatic rings. The van der Waals surface area contributed by atoms with Crippen LogP contribution in [-0.2, 0) is 14.8 Å². The molecule has 0 fully saturated rings. The predicted octanol–water partition coefficient (Wildman–Crippen LogP) is 4.17. The van der Waals surface area contributed by atoms with Gasteiger partial charge in [0, 0.05) is 29.6 Å². The number of sulfonamides is 1. The predicted molar refractivity (Wildman–Crippen MR) is 102 cm³/mol. The number of ether oxygens (including phenoxy) is 1. The average Bonchev–Trinajstić information content (AvgIpc) is 2.46. The number of nitrogens with zero attached hydrogens (tertiary/aromatic N) is 1. The fraction of sp³-hybridized carbons (Fsp3) is 0.588. The van der Waals surface area contributed by atoms with Crippen LogP contribution in [0.25, 0.3) is 0 Å². The summed E-state index contributed by atoms with van der Waals surface area (Å²) in [4.78, 5) is 10.9. The molecule has 0 atom stereocenters. The standard InChI is InChI=1S/C17H25Cl2NO4S/c1-14(21)7-5-3-4-6-8-20(25(2,22)23)9-10-24-17-12-15(18)11-16(19)13-17/h11-13H,3-10H2,1-2H3. The first kappa shape index (κ1) is 22.2. The summed E-state index contributed by atoms with van der Waals surface area (Å²) >= 11 is 11.8. The molecule has 142 valence electrons. The lowest BCUT2D eigenvalue weighted by atomic mass is 10.1. The van der Waals surface area contributed by atoms with Crippen LogP contribution in [0.1, 0.15) is 39.0 Å². The molecule has 0 aromatic heterocycles. The molecular formula is C17H25Cl2NO4S. The molecule has 5 nitrogen and oxygen atoms in total. The first-order valence-corrected chi connectivity index (χ1v) is 10.8. The van der Waals surface area contributed by atoms with Crippen molar-refractivity contribution in [3.8, 4) is 5.75 Å². The first-order valence-electron chi connectivity index (χ1n) is 8.22. The van der Waals surface area contributed by atoms with Crippen molar-refractivity contribution in [1.82, 2.24) is 4.31 Å². The Morgan fingerprint density at radius 3 is 2.20 bits per heavy atom. The van der Waals surface area contributed by atoms with E-state index in [4.69, 9.17) is 27.9 Å². The Hall–Kier alpha value is -0.820. The molecule has 0 spiro atoms. The van der Waals surface area contributed by atoms with Gasteiger partial charge in [-0.15, -0.1) is 0 Å². The Kier molecular flexibility index (Phi) is 9.79. The second-order valence-corrected chi connectivity index (χ2v) is 8.84. The maximum absolute atomic E-state index is 11.9. The number of benzene rings is 1. The van der Waals surface area contributed by atoms with Gasteiger partial charge in [-0.25, -0.2) is 8.42 Å². The Labute approximate surface area is 160 Å². The zero-order chi connectivity index (χ0) is 18.9. The minimum Gasteiger partial charge on any atom is -0.492 e. The third-order valence-corrected chi connectivity index (χ3v) is 5.34. The number of Topliss-reactive ketones (excluding diaryl/α,β-unsaturated/α-hetero) is 1. The van der Waals surface area contributed by atoms with Crippen LogP contribution in [0, 0.1) is 0 Å². The highest BCUT2D eigenvalue weighted by molar-refractivity contribution is 7.88. The summed E-state index contributed by atoms with van der Waals surface area (Å²) in [5.74, 6) is 0.700.